The predicted octanol–water partition coefficient (Wildman–Crippen LogP) is 5.69. The molecule has 33 heavy (non-hydrogen) atoms. The molecule has 4 aromatic rings. The predicted molar refractivity (Wildman–Crippen MR) is 126 cm³/mol. The van der Waals surface area contributed by atoms with Crippen molar-refractivity contribution in [2.45, 2.75) is 39.0 Å². The smallest absolute Gasteiger partial charge is 0.165 e. The number of phenolic OH excluding ortho intramolecular Hbond substituents is 1. The molecule has 0 bridgehead atoms. The number of pyridine rings is 1. The minimum atomic E-state index is -1.59. The van der Waals surface area contributed by atoms with Gasteiger partial charge in [0.05, 0.1) is 11.7 Å². The lowest BCUT2D eigenvalue weighted by Gasteiger charge is -2.19. The fourth-order valence-corrected chi connectivity index (χ4v) is 3.72. The summed E-state index contributed by atoms with van der Waals surface area (Å²) in [4.78, 5) is 7.91. The van der Waals surface area contributed by atoms with Crippen molar-refractivity contribution in [1.29, 1.82) is 0 Å². The first-order valence-electron chi connectivity index (χ1n) is 10.7. The SMILES string of the molecule is Cc1cc(C#CC(C)(C)F)cc(CNC(c2cc3ccccc3[nH]2)c2cc(F)ccc2O)n1. The van der Waals surface area contributed by atoms with E-state index in [0.29, 0.717) is 23.4 Å². The lowest BCUT2D eigenvalue weighted by molar-refractivity contribution is 0.301. The molecule has 2 heterocycles. The van der Waals surface area contributed by atoms with E-state index in [4.69, 9.17) is 0 Å². The number of alkyl halides is 1. The summed E-state index contributed by atoms with van der Waals surface area (Å²) in [6, 6.07) is 16.8. The van der Waals surface area contributed by atoms with Gasteiger partial charge >= 0.3 is 0 Å². The fraction of sp³-hybridized carbons (Fsp3) is 0.222. The zero-order chi connectivity index (χ0) is 23.6. The molecule has 0 saturated carbocycles. The van der Waals surface area contributed by atoms with E-state index in [-0.39, 0.29) is 5.75 Å². The number of aryl methyl sites for hydroxylation is 1. The van der Waals surface area contributed by atoms with E-state index in [0.717, 1.165) is 22.3 Å². The number of halogens is 2. The maximum absolute atomic E-state index is 14.1. The van der Waals surface area contributed by atoms with Crippen LogP contribution in [0.15, 0.2) is 60.7 Å². The van der Waals surface area contributed by atoms with Crippen molar-refractivity contribution >= 4 is 10.9 Å². The van der Waals surface area contributed by atoms with Crippen molar-refractivity contribution < 1.29 is 13.9 Å². The van der Waals surface area contributed by atoms with E-state index in [9.17, 15) is 13.9 Å². The second kappa shape index (κ2) is 9.05. The number of aromatic amines is 1. The summed E-state index contributed by atoms with van der Waals surface area (Å²) in [6.07, 6.45) is 0. The Bertz CT molecular complexity index is 1330. The van der Waals surface area contributed by atoms with Gasteiger partial charge in [-0.2, -0.15) is 0 Å². The lowest BCUT2D eigenvalue weighted by Crippen LogP contribution is -2.23. The lowest BCUT2D eigenvalue weighted by atomic mass is 10.0. The summed E-state index contributed by atoms with van der Waals surface area (Å²) >= 11 is 0. The van der Waals surface area contributed by atoms with Gasteiger partial charge in [-0.15, -0.1) is 0 Å². The molecule has 3 N–H and O–H groups in total. The Hall–Kier alpha value is -3.69. The Morgan fingerprint density at radius 3 is 2.67 bits per heavy atom. The highest BCUT2D eigenvalue weighted by Crippen LogP contribution is 2.31. The second-order valence-corrected chi connectivity index (χ2v) is 8.54. The number of aromatic hydroxyl groups is 1. The van der Waals surface area contributed by atoms with Crippen molar-refractivity contribution in [3.8, 4) is 17.6 Å². The molecule has 0 aliphatic heterocycles. The largest absolute Gasteiger partial charge is 0.508 e. The van der Waals surface area contributed by atoms with Gasteiger partial charge in [0.25, 0.3) is 0 Å². The van der Waals surface area contributed by atoms with Crippen molar-refractivity contribution in [3.63, 3.8) is 0 Å². The molecule has 6 heteroatoms. The molecule has 1 unspecified atom stereocenters. The minimum Gasteiger partial charge on any atom is -0.508 e. The van der Waals surface area contributed by atoms with Crippen LogP contribution in [0, 0.1) is 24.6 Å². The molecule has 1 atom stereocenters. The maximum Gasteiger partial charge on any atom is 0.165 e. The summed E-state index contributed by atoms with van der Waals surface area (Å²) in [5, 5.41) is 14.9. The second-order valence-electron chi connectivity index (χ2n) is 8.54. The van der Waals surface area contributed by atoms with Crippen LogP contribution >= 0.6 is 0 Å². The molecular formula is C27H25F2N3O. The van der Waals surface area contributed by atoms with Gasteiger partial charge in [-0.1, -0.05) is 30.0 Å². The standard InChI is InChI=1S/C27H25F2N3O/c1-17-12-18(10-11-27(2,3)29)13-21(31-17)16-30-26(22-15-20(28)8-9-25(22)33)24-14-19-6-4-5-7-23(19)32-24/h4-9,12-15,26,30,32-33H,16H2,1-3H3. The highest BCUT2D eigenvalue weighted by Gasteiger charge is 2.21. The van der Waals surface area contributed by atoms with E-state index in [1.54, 1.807) is 12.1 Å². The third-order valence-corrected chi connectivity index (χ3v) is 5.16. The normalized spacial score (nSPS) is 12.4. The van der Waals surface area contributed by atoms with Gasteiger partial charge in [0.15, 0.2) is 5.67 Å². The number of nitrogens with one attached hydrogen (secondary N) is 2. The number of para-hydroxylation sites is 1. The summed E-state index contributed by atoms with van der Waals surface area (Å²) in [6.45, 7) is 4.99. The topological polar surface area (TPSA) is 60.9 Å². The molecular weight excluding hydrogens is 420 g/mol. The number of nitrogens with zero attached hydrogens (tertiary/aromatic N) is 1. The number of fused-ring (bicyclic) bond motifs is 1. The van der Waals surface area contributed by atoms with Crippen LogP contribution in [0.3, 0.4) is 0 Å². The monoisotopic (exact) mass is 445 g/mol. The van der Waals surface area contributed by atoms with Gasteiger partial charge in [0, 0.05) is 34.6 Å². The van der Waals surface area contributed by atoms with Crippen molar-refractivity contribution in [2.75, 3.05) is 0 Å². The minimum absolute atomic E-state index is 0.0125. The first-order valence-corrected chi connectivity index (χ1v) is 10.7. The first kappa shape index (κ1) is 22.5. The van der Waals surface area contributed by atoms with Gasteiger partial charge in [-0.25, -0.2) is 8.78 Å². The number of aromatic nitrogens is 2. The van der Waals surface area contributed by atoms with Gasteiger partial charge in [-0.05, 0) is 68.6 Å². The van der Waals surface area contributed by atoms with Gasteiger partial charge in [0.2, 0.25) is 0 Å². The Morgan fingerprint density at radius 2 is 1.91 bits per heavy atom. The average Bonchev–Trinajstić information content (AvgIpc) is 3.18. The van der Waals surface area contributed by atoms with E-state index in [1.807, 2.05) is 37.3 Å². The van der Waals surface area contributed by atoms with Crippen molar-refractivity contribution in [2.24, 2.45) is 0 Å². The average molecular weight is 446 g/mol. The third-order valence-electron chi connectivity index (χ3n) is 5.16. The number of phenols is 1. The highest BCUT2D eigenvalue weighted by molar-refractivity contribution is 5.80. The summed E-state index contributed by atoms with van der Waals surface area (Å²) in [5.41, 5.74) is 2.66. The molecule has 4 rings (SSSR count). The van der Waals surface area contributed by atoms with Crippen LogP contribution in [-0.4, -0.2) is 20.7 Å². The van der Waals surface area contributed by atoms with Crippen LogP contribution in [-0.2, 0) is 6.54 Å². The number of benzene rings is 2. The first-order chi connectivity index (χ1) is 15.7. The molecule has 4 nitrogen and oxygen atoms in total. The summed E-state index contributed by atoms with van der Waals surface area (Å²) in [5.74, 6) is 5.00. The Balaban J connectivity index is 1.68. The quantitative estimate of drug-likeness (QED) is 0.346. The Morgan fingerprint density at radius 1 is 1.12 bits per heavy atom. The molecule has 0 amide bonds. The van der Waals surface area contributed by atoms with Gasteiger partial charge < -0.3 is 10.1 Å². The number of rotatable bonds is 5. The van der Waals surface area contributed by atoms with Crippen LogP contribution in [0.25, 0.3) is 10.9 Å². The Kier molecular flexibility index (Phi) is 6.17. The molecule has 168 valence electrons. The van der Waals surface area contributed by atoms with E-state index >= 15 is 0 Å². The van der Waals surface area contributed by atoms with E-state index in [1.165, 1.54) is 32.0 Å². The van der Waals surface area contributed by atoms with Crippen molar-refractivity contribution in [3.05, 3.63) is 94.7 Å². The molecule has 0 spiro atoms. The summed E-state index contributed by atoms with van der Waals surface area (Å²) < 4.78 is 27.9. The zero-order valence-electron chi connectivity index (χ0n) is 18.7. The van der Waals surface area contributed by atoms with Crippen LogP contribution in [0.5, 0.6) is 5.75 Å². The zero-order valence-corrected chi connectivity index (χ0v) is 18.7. The Labute approximate surface area is 191 Å². The molecule has 0 aliphatic rings. The molecule has 0 radical (unpaired) electrons. The number of hydrogen-bond acceptors (Lipinski definition) is 3. The number of hydrogen-bond donors (Lipinski definition) is 3. The molecule has 0 fully saturated rings. The molecule has 0 aliphatic carbocycles. The van der Waals surface area contributed by atoms with Crippen LogP contribution < -0.4 is 5.32 Å². The molecule has 2 aromatic carbocycles. The summed E-state index contributed by atoms with van der Waals surface area (Å²) in [7, 11) is 0. The third kappa shape index (κ3) is 5.57. The maximum atomic E-state index is 14.1. The van der Waals surface area contributed by atoms with E-state index < -0.39 is 17.5 Å². The van der Waals surface area contributed by atoms with Crippen molar-refractivity contribution in [1.82, 2.24) is 15.3 Å². The molecule has 2 aromatic heterocycles. The molecule has 0 saturated heterocycles. The highest BCUT2D eigenvalue weighted by atomic mass is 19.1. The van der Waals surface area contributed by atoms with Gasteiger partial charge in [0.1, 0.15) is 11.6 Å². The number of H-pyrrole nitrogens is 1. The van der Waals surface area contributed by atoms with Crippen LogP contribution in [0.4, 0.5) is 8.78 Å². The van der Waals surface area contributed by atoms with Crippen LogP contribution in [0.2, 0.25) is 0 Å². The fourth-order valence-electron chi connectivity index (χ4n) is 3.72. The van der Waals surface area contributed by atoms with E-state index in [2.05, 4.69) is 27.1 Å². The van der Waals surface area contributed by atoms with Crippen LogP contribution in [0.1, 0.15) is 48.1 Å². The van der Waals surface area contributed by atoms with Gasteiger partial charge in [-0.3, -0.25) is 10.3 Å².